The molecule has 1 saturated carbocycles. The van der Waals surface area contributed by atoms with E-state index in [-0.39, 0.29) is 5.92 Å². The van der Waals surface area contributed by atoms with E-state index in [9.17, 15) is 8.42 Å². The second-order valence-electron chi connectivity index (χ2n) is 7.98. The Kier molecular flexibility index (Phi) is 6.34. The van der Waals surface area contributed by atoms with Crippen molar-refractivity contribution in [3.8, 4) is 0 Å². The van der Waals surface area contributed by atoms with E-state index in [1.807, 2.05) is 0 Å². The first-order valence-corrected chi connectivity index (χ1v) is 10.8. The van der Waals surface area contributed by atoms with Crippen molar-refractivity contribution in [1.29, 1.82) is 0 Å². The van der Waals surface area contributed by atoms with Gasteiger partial charge >= 0.3 is 0 Å². The fraction of sp³-hybridized carbons (Fsp3) is 0.941. The van der Waals surface area contributed by atoms with Gasteiger partial charge in [0.1, 0.15) is 0 Å². The molecule has 1 unspecified atom stereocenters. The minimum Gasteiger partial charge on any atom is -0.357 e. The van der Waals surface area contributed by atoms with Crippen LogP contribution in [0.3, 0.4) is 0 Å². The predicted octanol–water partition coefficient (Wildman–Crippen LogP) is 2.19. The molecule has 0 bridgehead atoms. The normalized spacial score (nSPS) is 27.8. The lowest BCUT2D eigenvalue weighted by Crippen LogP contribution is -2.41. The summed E-state index contributed by atoms with van der Waals surface area (Å²) < 4.78 is 23.0. The molecule has 0 radical (unpaired) electrons. The zero-order valence-electron chi connectivity index (χ0n) is 14.9. The number of hydrogen-bond donors (Lipinski definition) is 2. The van der Waals surface area contributed by atoms with Crippen LogP contribution < -0.4 is 10.6 Å². The quantitative estimate of drug-likeness (QED) is 0.593. The Labute approximate surface area is 141 Å². The average molecular weight is 344 g/mol. The monoisotopic (exact) mass is 343 g/mol. The van der Waals surface area contributed by atoms with Crippen molar-refractivity contribution in [2.45, 2.75) is 52.9 Å². The molecule has 23 heavy (non-hydrogen) atoms. The van der Waals surface area contributed by atoms with Crippen LogP contribution in [0.2, 0.25) is 0 Å². The topological polar surface area (TPSA) is 70.6 Å². The van der Waals surface area contributed by atoms with Gasteiger partial charge in [-0.15, -0.1) is 0 Å². The van der Waals surface area contributed by atoms with Gasteiger partial charge in [-0.05, 0) is 56.3 Å². The second-order valence-corrected chi connectivity index (χ2v) is 10.2. The molecule has 1 heterocycles. The van der Waals surface area contributed by atoms with Gasteiger partial charge in [0.15, 0.2) is 15.8 Å². The number of aliphatic imine (C=N–C) groups is 1. The maximum atomic E-state index is 11.5. The Balaban J connectivity index is 1.78. The third kappa shape index (κ3) is 6.32. The summed E-state index contributed by atoms with van der Waals surface area (Å²) in [4.78, 5) is 4.60. The number of nitrogens with one attached hydrogen (secondary N) is 2. The van der Waals surface area contributed by atoms with Crippen LogP contribution in [0.4, 0.5) is 0 Å². The summed E-state index contributed by atoms with van der Waals surface area (Å²) in [7, 11) is -2.81. The molecular formula is C17H33N3O2S. The van der Waals surface area contributed by atoms with Gasteiger partial charge in [-0.1, -0.05) is 13.8 Å². The fourth-order valence-electron chi connectivity index (χ4n) is 3.48. The van der Waals surface area contributed by atoms with Gasteiger partial charge in [0, 0.05) is 19.6 Å². The molecule has 0 spiro atoms. The van der Waals surface area contributed by atoms with Gasteiger partial charge in [0.25, 0.3) is 0 Å². The molecule has 134 valence electrons. The van der Waals surface area contributed by atoms with Crippen LogP contribution >= 0.6 is 0 Å². The maximum Gasteiger partial charge on any atom is 0.191 e. The molecule has 0 aromatic heterocycles. The van der Waals surface area contributed by atoms with E-state index >= 15 is 0 Å². The number of hydrogen-bond acceptors (Lipinski definition) is 3. The van der Waals surface area contributed by atoms with E-state index in [0.717, 1.165) is 31.4 Å². The van der Waals surface area contributed by atoms with Crippen molar-refractivity contribution < 1.29 is 8.42 Å². The van der Waals surface area contributed by atoms with Gasteiger partial charge in [-0.2, -0.15) is 0 Å². The highest BCUT2D eigenvalue weighted by Crippen LogP contribution is 2.37. The summed E-state index contributed by atoms with van der Waals surface area (Å²) in [5.74, 6) is 2.37. The van der Waals surface area contributed by atoms with Crippen molar-refractivity contribution in [2.24, 2.45) is 22.2 Å². The largest absolute Gasteiger partial charge is 0.357 e. The van der Waals surface area contributed by atoms with Crippen LogP contribution in [0, 0.1) is 17.3 Å². The molecule has 2 aliphatic rings. The maximum absolute atomic E-state index is 11.5. The molecule has 0 aromatic rings. The molecule has 0 aromatic carbocycles. The van der Waals surface area contributed by atoms with Crippen molar-refractivity contribution in [3.05, 3.63) is 0 Å². The number of rotatable bonds is 5. The summed E-state index contributed by atoms with van der Waals surface area (Å²) >= 11 is 0. The smallest absolute Gasteiger partial charge is 0.191 e. The molecule has 6 heteroatoms. The zero-order chi connectivity index (χ0) is 16.9. The van der Waals surface area contributed by atoms with Crippen LogP contribution in [-0.4, -0.2) is 45.5 Å². The van der Waals surface area contributed by atoms with E-state index < -0.39 is 9.84 Å². The first-order valence-electron chi connectivity index (χ1n) is 9.02. The lowest BCUT2D eigenvalue weighted by molar-refractivity contribution is 0.192. The minimum atomic E-state index is -2.81. The molecule has 1 atom stereocenters. The van der Waals surface area contributed by atoms with E-state index in [1.54, 1.807) is 0 Å². The van der Waals surface area contributed by atoms with E-state index in [4.69, 9.17) is 0 Å². The molecular weight excluding hydrogens is 310 g/mol. The Morgan fingerprint density at radius 1 is 1.13 bits per heavy atom. The molecule has 1 aliphatic heterocycles. The van der Waals surface area contributed by atoms with Crippen LogP contribution in [-0.2, 0) is 9.84 Å². The van der Waals surface area contributed by atoms with Crippen LogP contribution in [0.15, 0.2) is 4.99 Å². The zero-order valence-corrected chi connectivity index (χ0v) is 15.7. The van der Waals surface area contributed by atoms with Gasteiger partial charge in [-0.3, -0.25) is 4.99 Å². The second kappa shape index (κ2) is 7.86. The highest BCUT2D eigenvalue weighted by molar-refractivity contribution is 7.91. The molecule has 2 rings (SSSR count). The van der Waals surface area contributed by atoms with E-state index in [1.165, 1.54) is 25.7 Å². The Morgan fingerprint density at radius 2 is 1.83 bits per heavy atom. The molecule has 1 aliphatic carbocycles. The minimum absolute atomic E-state index is 0.186. The van der Waals surface area contributed by atoms with Crippen LogP contribution in [0.1, 0.15) is 52.9 Å². The van der Waals surface area contributed by atoms with Gasteiger partial charge < -0.3 is 10.6 Å². The van der Waals surface area contributed by atoms with Crippen molar-refractivity contribution in [3.63, 3.8) is 0 Å². The first kappa shape index (κ1) is 18.6. The summed E-state index contributed by atoms with van der Waals surface area (Å²) in [6.45, 7) is 9.17. The van der Waals surface area contributed by atoms with Gasteiger partial charge in [0.05, 0.1) is 11.5 Å². The summed E-state index contributed by atoms with van der Waals surface area (Å²) in [6.07, 6.45) is 5.91. The first-order chi connectivity index (χ1) is 10.8. The summed E-state index contributed by atoms with van der Waals surface area (Å²) in [5.41, 5.74) is 0.503. The lowest BCUT2D eigenvalue weighted by atomic mass is 9.73. The van der Waals surface area contributed by atoms with E-state index in [0.29, 0.717) is 23.5 Å². The van der Waals surface area contributed by atoms with E-state index in [2.05, 4.69) is 36.4 Å². The highest BCUT2D eigenvalue weighted by atomic mass is 32.2. The molecule has 2 fully saturated rings. The number of guanidine groups is 1. The molecule has 5 nitrogen and oxygen atoms in total. The van der Waals surface area contributed by atoms with Gasteiger partial charge in [0.2, 0.25) is 0 Å². The molecule has 0 amide bonds. The van der Waals surface area contributed by atoms with Crippen molar-refractivity contribution in [2.75, 3.05) is 31.1 Å². The lowest BCUT2D eigenvalue weighted by Gasteiger charge is -2.34. The highest BCUT2D eigenvalue weighted by Gasteiger charge is 2.28. The number of nitrogens with zero attached hydrogens (tertiary/aromatic N) is 1. The predicted molar refractivity (Wildman–Crippen MR) is 96.5 cm³/mol. The summed E-state index contributed by atoms with van der Waals surface area (Å²) in [5, 5.41) is 6.72. The number of sulfone groups is 1. The standard InChI is InChI=1S/C17H33N3O2S/c1-4-18-16(20-12-15-7-10-23(21,22)13-15)19-11-14-5-8-17(2,3)9-6-14/h14-15H,4-13H2,1-3H3,(H2,18,19,20). The average Bonchev–Trinajstić information content (AvgIpc) is 2.82. The third-order valence-corrected chi connectivity index (χ3v) is 7.03. The van der Waals surface area contributed by atoms with Crippen LogP contribution in [0.5, 0.6) is 0 Å². The Bertz CT molecular complexity index is 504. The Morgan fingerprint density at radius 3 is 2.39 bits per heavy atom. The van der Waals surface area contributed by atoms with Crippen LogP contribution in [0.25, 0.3) is 0 Å². The SMILES string of the molecule is CCNC(=NCC1CCS(=O)(=O)C1)NCC1CCC(C)(C)CC1. The molecule has 1 saturated heterocycles. The van der Waals surface area contributed by atoms with Gasteiger partial charge in [-0.25, -0.2) is 8.42 Å². The Hall–Kier alpha value is -0.780. The third-order valence-electron chi connectivity index (χ3n) is 5.20. The summed E-state index contributed by atoms with van der Waals surface area (Å²) in [6, 6.07) is 0. The van der Waals surface area contributed by atoms with Crippen molar-refractivity contribution >= 4 is 15.8 Å². The fourth-order valence-corrected chi connectivity index (χ4v) is 5.33. The van der Waals surface area contributed by atoms with Crippen molar-refractivity contribution in [1.82, 2.24) is 10.6 Å². The molecule has 2 N–H and O–H groups in total.